The van der Waals surface area contributed by atoms with E-state index in [0.717, 1.165) is 16.0 Å². The number of benzene rings is 2. The first-order chi connectivity index (χ1) is 9.63. The maximum Gasteiger partial charge on any atom is 0.181 e. The highest BCUT2D eigenvalue weighted by Gasteiger charge is 2.13. The lowest BCUT2D eigenvalue weighted by molar-refractivity contribution is 0.627. The van der Waals surface area contributed by atoms with Crippen LogP contribution in [-0.4, -0.2) is 4.98 Å². The highest BCUT2D eigenvalue weighted by molar-refractivity contribution is 7.19. The van der Waals surface area contributed by atoms with Crippen molar-refractivity contribution in [3.8, 4) is 21.7 Å². The molecular weight excluding hydrogens is 278 g/mol. The Labute approximate surface area is 118 Å². The average Bonchev–Trinajstić information content (AvgIpc) is 2.82. The SMILES string of the molecule is Nc1nc(-c2ccc(F)cc2)c(-c2ccc(F)cc2)s1. The molecular formula is C15H10F2N2S. The lowest BCUT2D eigenvalue weighted by Gasteiger charge is -2.02. The maximum absolute atomic E-state index is 13.0. The van der Waals surface area contributed by atoms with Crippen molar-refractivity contribution in [1.82, 2.24) is 4.98 Å². The van der Waals surface area contributed by atoms with Crippen LogP contribution in [0.3, 0.4) is 0 Å². The van der Waals surface area contributed by atoms with Gasteiger partial charge < -0.3 is 5.73 Å². The van der Waals surface area contributed by atoms with Crippen molar-refractivity contribution in [3.63, 3.8) is 0 Å². The first-order valence-electron chi connectivity index (χ1n) is 5.91. The van der Waals surface area contributed by atoms with Crippen molar-refractivity contribution < 1.29 is 8.78 Å². The smallest absolute Gasteiger partial charge is 0.181 e. The van der Waals surface area contributed by atoms with Gasteiger partial charge in [-0.1, -0.05) is 23.5 Å². The Morgan fingerprint density at radius 2 is 1.30 bits per heavy atom. The summed E-state index contributed by atoms with van der Waals surface area (Å²) in [7, 11) is 0. The Kier molecular flexibility index (Phi) is 3.20. The zero-order valence-electron chi connectivity index (χ0n) is 10.3. The molecule has 0 aliphatic carbocycles. The predicted octanol–water partition coefficient (Wildman–Crippen LogP) is 4.34. The fraction of sp³-hybridized carbons (Fsp3) is 0. The minimum absolute atomic E-state index is 0.297. The third-order valence-electron chi connectivity index (χ3n) is 2.87. The Hall–Kier alpha value is -2.27. The number of anilines is 1. The van der Waals surface area contributed by atoms with Crippen LogP contribution in [0.2, 0.25) is 0 Å². The van der Waals surface area contributed by atoms with Crippen LogP contribution >= 0.6 is 11.3 Å². The molecule has 20 heavy (non-hydrogen) atoms. The van der Waals surface area contributed by atoms with Gasteiger partial charge in [-0.05, 0) is 42.0 Å². The van der Waals surface area contributed by atoms with Crippen LogP contribution in [0.1, 0.15) is 0 Å². The number of hydrogen-bond donors (Lipinski definition) is 1. The molecule has 0 bridgehead atoms. The Bertz CT molecular complexity index is 671. The number of nitrogen functional groups attached to an aromatic ring is 1. The van der Waals surface area contributed by atoms with E-state index in [9.17, 15) is 8.78 Å². The molecule has 1 aromatic heterocycles. The van der Waals surface area contributed by atoms with Crippen molar-refractivity contribution in [3.05, 3.63) is 60.2 Å². The number of nitrogens with zero attached hydrogens (tertiary/aromatic N) is 1. The van der Waals surface area contributed by atoms with Crippen molar-refractivity contribution in [2.75, 3.05) is 5.73 Å². The third kappa shape index (κ3) is 2.40. The van der Waals surface area contributed by atoms with Crippen LogP contribution in [0.15, 0.2) is 48.5 Å². The summed E-state index contributed by atoms with van der Waals surface area (Å²) in [5.41, 5.74) is 8.06. The van der Waals surface area contributed by atoms with E-state index in [0.29, 0.717) is 10.8 Å². The average molecular weight is 288 g/mol. The van der Waals surface area contributed by atoms with Gasteiger partial charge in [0, 0.05) is 5.56 Å². The van der Waals surface area contributed by atoms with E-state index in [2.05, 4.69) is 4.98 Å². The predicted molar refractivity (Wildman–Crippen MR) is 77.3 cm³/mol. The molecule has 5 heteroatoms. The zero-order valence-corrected chi connectivity index (χ0v) is 11.1. The number of thiazole rings is 1. The fourth-order valence-corrected chi connectivity index (χ4v) is 2.80. The summed E-state index contributed by atoms with van der Waals surface area (Å²) in [5.74, 6) is -0.602. The molecule has 0 aliphatic heterocycles. The van der Waals surface area contributed by atoms with Crippen LogP contribution in [0.5, 0.6) is 0 Å². The highest BCUT2D eigenvalue weighted by atomic mass is 32.1. The molecule has 3 rings (SSSR count). The van der Waals surface area contributed by atoms with Crippen LogP contribution in [0.25, 0.3) is 21.7 Å². The molecule has 0 saturated carbocycles. The largest absolute Gasteiger partial charge is 0.375 e. The van der Waals surface area contributed by atoms with Crippen LogP contribution in [0.4, 0.5) is 13.9 Å². The number of hydrogen-bond acceptors (Lipinski definition) is 3. The second-order valence-electron chi connectivity index (χ2n) is 4.24. The Morgan fingerprint density at radius 3 is 1.85 bits per heavy atom. The number of nitrogens with two attached hydrogens (primary N) is 1. The molecule has 0 saturated heterocycles. The highest BCUT2D eigenvalue weighted by Crippen LogP contribution is 2.37. The van der Waals surface area contributed by atoms with Gasteiger partial charge in [-0.15, -0.1) is 0 Å². The van der Waals surface area contributed by atoms with Crippen LogP contribution < -0.4 is 5.73 Å². The summed E-state index contributed by atoms with van der Waals surface area (Å²) >= 11 is 1.32. The van der Waals surface area contributed by atoms with E-state index in [1.165, 1.54) is 35.6 Å². The minimum atomic E-state index is -0.305. The summed E-state index contributed by atoms with van der Waals surface area (Å²) in [6.07, 6.45) is 0. The lowest BCUT2D eigenvalue weighted by Crippen LogP contribution is -1.85. The normalized spacial score (nSPS) is 10.7. The van der Waals surface area contributed by atoms with Gasteiger partial charge in [-0.25, -0.2) is 13.8 Å². The topological polar surface area (TPSA) is 38.9 Å². The summed E-state index contributed by atoms with van der Waals surface area (Å²) in [6.45, 7) is 0. The second kappa shape index (κ2) is 5.02. The van der Waals surface area contributed by atoms with Gasteiger partial charge in [-0.2, -0.15) is 0 Å². The standard InChI is InChI=1S/C15H10F2N2S/c16-11-5-1-9(2-6-11)13-14(20-15(18)19-13)10-3-7-12(17)8-4-10/h1-8H,(H2,18,19). The molecule has 0 spiro atoms. The molecule has 0 unspecified atom stereocenters. The Balaban J connectivity index is 2.12. The molecule has 100 valence electrons. The summed E-state index contributed by atoms with van der Waals surface area (Å²) in [5, 5.41) is 0.420. The van der Waals surface area contributed by atoms with Crippen LogP contribution in [0, 0.1) is 11.6 Å². The molecule has 0 fully saturated rings. The van der Waals surface area contributed by atoms with E-state index >= 15 is 0 Å². The van der Waals surface area contributed by atoms with Gasteiger partial charge in [0.1, 0.15) is 11.6 Å². The van der Waals surface area contributed by atoms with E-state index < -0.39 is 0 Å². The number of aromatic nitrogens is 1. The van der Waals surface area contributed by atoms with Crippen molar-refractivity contribution in [1.29, 1.82) is 0 Å². The summed E-state index contributed by atoms with van der Waals surface area (Å²) in [4.78, 5) is 5.13. The first-order valence-corrected chi connectivity index (χ1v) is 6.73. The lowest BCUT2D eigenvalue weighted by atomic mass is 10.1. The van der Waals surface area contributed by atoms with Gasteiger partial charge in [0.05, 0.1) is 10.6 Å². The number of rotatable bonds is 2. The molecule has 0 aliphatic rings. The Morgan fingerprint density at radius 1 is 0.800 bits per heavy atom. The fourth-order valence-electron chi connectivity index (χ4n) is 1.94. The molecule has 2 N–H and O–H groups in total. The molecule has 3 aromatic rings. The van der Waals surface area contributed by atoms with E-state index in [4.69, 9.17) is 5.73 Å². The molecule has 0 radical (unpaired) electrons. The van der Waals surface area contributed by atoms with Crippen molar-refractivity contribution >= 4 is 16.5 Å². The molecule has 2 nitrogen and oxygen atoms in total. The minimum Gasteiger partial charge on any atom is -0.375 e. The van der Waals surface area contributed by atoms with Crippen LogP contribution in [-0.2, 0) is 0 Å². The van der Waals surface area contributed by atoms with Gasteiger partial charge in [-0.3, -0.25) is 0 Å². The monoisotopic (exact) mass is 288 g/mol. The van der Waals surface area contributed by atoms with E-state index in [1.54, 1.807) is 24.3 Å². The number of halogens is 2. The zero-order chi connectivity index (χ0) is 14.1. The molecule has 0 atom stereocenters. The van der Waals surface area contributed by atoms with Crippen molar-refractivity contribution in [2.24, 2.45) is 0 Å². The van der Waals surface area contributed by atoms with Gasteiger partial charge in [0.15, 0.2) is 5.13 Å². The summed E-state index contributed by atoms with van der Waals surface area (Å²) < 4.78 is 26.0. The first kappa shape index (κ1) is 12.7. The maximum atomic E-state index is 13.0. The van der Waals surface area contributed by atoms with Gasteiger partial charge >= 0.3 is 0 Å². The van der Waals surface area contributed by atoms with Gasteiger partial charge in [0.2, 0.25) is 0 Å². The molecule has 0 amide bonds. The van der Waals surface area contributed by atoms with Crippen molar-refractivity contribution in [2.45, 2.75) is 0 Å². The molecule has 2 aromatic carbocycles. The second-order valence-corrected chi connectivity index (χ2v) is 5.27. The van der Waals surface area contributed by atoms with E-state index in [-0.39, 0.29) is 11.6 Å². The van der Waals surface area contributed by atoms with Gasteiger partial charge in [0.25, 0.3) is 0 Å². The third-order valence-corrected chi connectivity index (χ3v) is 3.80. The summed E-state index contributed by atoms with van der Waals surface area (Å²) in [6, 6.07) is 12.2. The molecule has 1 heterocycles. The van der Waals surface area contributed by atoms with E-state index in [1.807, 2.05) is 0 Å². The quantitative estimate of drug-likeness (QED) is 0.762.